The Hall–Kier alpha value is -4.65. The minimum Gasteiger partial charge on any atom is -0.493 e. The highest BCUT2D eigenvalue weighted by molar-refractivity contribution is 9.11. The molecular weight excluding hydrogens is 774 g/mol. The molecule has 1 amide bonds. The standard InChI is InChI=1S/C37H31Br2N3O6S/c1-21-31(35(43)41-26-13-9-6-10-14-26)32(23-16-28(45-2)34(47-4)29(17-23)46-3)42-36(44)30(49-37(42)40-21)18-24-15-25(38)19-27(39)33(24)48-20-22-11-7-5-8-12-22/h5-19,32H,20H2,1-4H3,(H,41,43)/b30-18-/t32-/m1/s1. The van der Waals surface area contributed by atoms with Crippen LogP contribution < -0.4 is 39.2 Å². The molecule has 5 aromatic rings. The van der Waals surface area contributed by atoms with Crippen molar-refractivity contribution in [1.29, 1.82) is 0 Å². The van der Waals surface area contributed by atoms with Gasteiger partial charge in [-0.1, -0.05) is 75.8 Å². The van der Waals surface area contributed by atoms with E-state index in [4.69, 9.17) is 23.9 Å². The first-order chi connectivity index (χ1) is 23.7. The molecule has 49 heavy (non-hydrogen) atoms. The zero-order chi connectivity index (χ0) is 34.7. The molecule has 0 aliphatic carbocycles. The van der Waals surface area contributed by atoms with Gasteiger partial charge in [-0.2, -0.15) is 0 Å². The van der Waals surface area contributed by atoms with Crippen molar-refractivity contribution in [2.24, 2.45) is 4.99 Å². The van der Waals surface area contributed by atoms with Gasteiger partial charge in [0.25, 0.3) is 11.5 Å². The average Bonchev–Trinajstić information content (AvgIpc) is 3.40. The van der Waals surface area contributed by atoms with E-state index < -0.39 is 11.9 Å². The molecule has 250 valence electrons. The zero-order valence-corrected chi connectivity index (χ0v) is 30.9. The number of ether oxygens (including phenoxy) is 4. The summed E-state index contributed by atoms with van der Waals surface area (Å²) in [6.45, 7) is 2.10. The first kappa shape index (κ1) is 34.2. The fourth-order valence-corrected chi connectivity index (χ4v) is 8.03. The van der Waals surface area contributed by atoms with Crippen LogP contribution in [0.25, 0.3) is 6.08 Å². The second kappa shape index (κ2) is 14.9. The summed E-state index contributed by atoms with van der Waals surface area (Å²) >= 11 is 8.45. The molecule has 1 N–H and O–H groups in total. The minimum absolute atomic E-state index is 0.300. The average molecular weight is 806 g/mol. The van der Waals surface area contributed by atoms with E-state index in [1.54, 1.807) is 41.8 Å². The molecule has 1 aliphatic heterocycles. The second-order valence-electron chi connectivity index (χ2n) is 10.9. The van der Waals surface area contributed by atoms with Crippen molar-refractivity contribution in [2.75, 3.05) is 26.6 Å². The Labute approximate surface area is 303 Å². The van der Waals surface area contributed by atoms with Crippen LogP contribution >= 0.6 is 43.2 Å². The van der Waals surface area contributed by atoms with Gasteiger partial charge >= 0.3 is 0 Å². The van der Waals surface area contributed by atoms with Gasteiger partial charge in [0, 0.05) is 15.7 Å². The highest BCUT2D eigenvalue weighted by Gasteiger charge is 2.34. The van der Waals surface area contributed by atoms with Crippen molar-refractivity contribution in [3.05, 3.63) is 142 Å². The quantitative estimate of drug-likeness (QED) is 0.163. The fourth-order valence-electron chi connectivity index (χ4n) is 5.62. The van der Waals surface area contributed by atoms with Gasteiger partial charge in [0.15, 0.2) is 16.3 Å². The molecule has 0 spiro atoms. The van der Waals surface area contributed by atoms with Crippen LogP contribution in [0.4, 0.5) is 5.69 Å². The number of hydrogen-bond donors (Lipinski definition) is 1. The van der Waals surface area contributed by atoms with E-state index in [-0.39, 0.29) is 5.56 Å². The van der Waals surface area contributed by atoms with Crippen LogP contribution in [0.15, 0.2) is 115 Å². The highest BCUT2D eigenvalue weighted by atomic mass is 79.9. The number of halogens is 2. The van der Waals surface area contributed by atoms with E-state index in [1.807, 2.05) is 60.7 Å². The third-order valence-electron chi connectivity index (χ3n) is 7.85. The van der Waals surface area contributed by atoms with E-state index in [0.29, 0.717) is 67.0 Å². The summed E-state index contributed by atoms with van der Waals surface area (Å²) in [6, 6.07) is 25.4. The van der Waals surface area contributed by atoms with Gasteiger partial charge in [-0.05, 0) is 76.5 Å². The number of para-hydroxylation sites is 1. The summed E-state index contributed by atoms with van der Waals surface area (Å²) in [7, 11) is 4.55. The maximum Gasteiger partial charge on any atom is 0.271 e. The molecule has 1 aromatic heterocycles. The van der Waals surface area contributed by atoms with Crippen molar-refractivity contribution in [1.82, 2.24) is 4.57 Å². The lowest BCUT2D eigenvalue weighted by Gasteiger charge is -2.26. The Morgan fingerprint density at radius 3 is 2.20 bits per heavy atom. The van der Waals surface area contributed by atoms with E-state index >= 15 is 0 Å². The van der Waals surface area contributed by atoms with Crippen LogP contribution in [0.5, 0.6) is 23.0 Å². The first-order valence-corrected chi connectivity index (χ1v) is 17.5. The number of carbonyl (C=O) groups is 1. The summed E-state index contributed by atoms with van der Waals surface area (Å²) in [4.78, 5) is 33.8. The summed E-state index contributed by atoms with van der Waals surface area (Å²) < 4.78 is 26.6. The third kappa shape index (κ3) is 7.08. The molecule has 4 aromatic carbocycles. The molecule has 12 heteroatoms. The molecule has 0 bridgehead atoms. The van der Waals surface area contributed by atoms with E-state index in [9.17, 15) is 9.59 Å². The Kier molecular flexibility index (Phi) is 10.4. The highest BCUT2D eigenvalue weighted by Crippen LogP contribution is 2.42. The van der Waals surface area contributed by atoms with Gasteiger partial charge in [-0.25, -0.2) is 4.99 Å². The van der Waals surface area contributed by atoms with Crippen LogP contribution in [0.3, 0.4) is 0 Å². The van der Waals surface area contributed by atoms with Crippen LogP contribution in [0, 0.1) is 0 Å². The number of rotatable bonds is 10. The number of hydrogen-bond acceptors (Lipinski definition) is 8. The predicted octanol–water partition coefficient (Wildman–Crippen LogP) is 7.00. The van der Waals surface area contributed by atoms with E-state index in [0.717, 1.165) is 14.5 Å². The SMILES string of the molecule is COc1cc([C@@H]2C(C(=O)Nc3ccccc3)=C(C)N=c3s/c(=C\c4cc(Br)cc(Br)c4OCc4ccccc4)c(=O)n32)cc(OC)c1OC. The summed E-state index contributed by atoms with van der Waals surface area (Å²) in [5.41, 5.74) is 3.31. The molecule has 0 radical (unpaired) electrons. The topological polar surface area (TPSA) is 100 Å². The number of anilines is 1. The summed E-state index contributed by atoms with van der Waals surface area (Å²) in [5.74, 6) is 1.35. The van der Waals surface area contributed by atoms with Crippen LogP contribution in [0.2, 0.25) is 0 Å². The van der Waals surface area contributed by atoms with Crippen molar-refractivity contribution in [3.8, 4) is 23.0 Å². The van der Waals surface area contributed by atoms with Gasteiger partial charge in [0.1, 0.15) is 12.4 Å². The van der Waals surface area contributed by atoms with Crippen molar-refractivity contribution in [2.45, 2.75) is 19.6 Å². The third-order valence-corrected chi connectivity index (χ3v) is 9.88. The number of aromatic nitrogens is 1. The lowest BCUT2D eigenvalue weighted by Crippen LogP contribution is -2.40. The Balaban J connectivity index is 1.53. The molecule has 0 unspecified atom stereocenters. The normalized spacial score (nSPS) is 14.2. The molecular formula is C37H31Br2N3O6S. The first-order valence-electron chi connectivity index (χ1n) is 15.1. The Morgan fingerprint density at radius 2 is 1.57 bits per heavy atom. The molecule has 0 fully saturated rings. The molecule has 1 atom stereocenters. The fraction of sp³-hybridized carbons (Fsp3) is 0.162. The molecule has 2 heterocycles. The van der Waals surface area contributed by atoms with Crippen LogP contribution in [0.1, 0.15) is 29.7 Å². The number of benzene rings is 4. The number of amides is 1. The van der Waals surface area contributed by atoms with Crippen LogP contribution in [-0.2, 0) is 11.4 Å². The van der Waals surface area contributed by atoms with Gasteiger partial charge in [0.05, 0.1) is 47.6 Å². The largest absolute Gasteiger partial charge is 0.493 e. The lowest BCUT2D eigenvalue weighted by molar-refractivity contribution is -0.113. The summed E-state index contributed by atoms with van der Waals surface area (Å²) in [6.07, 6.45) is 1.79. The molecule has 0 saturated heterocycles. The number of methoxy groups -OCH3 is 3. The number of nitrogens with one attached hydrogen (secondary N) is 1. The lowest BCUT2D eigenvalue weighted by atomic mass is 9.94. The van der Waals surface area contributed by atoms with Gasteiger partial charge < -0.3 is 24.3 Å². The number of thiazole rings is 1. The maximum atomic E-state index is 14.5. The van der Waals surface area contributed by atoms with E-state index in [1.165, 1.54) is 32.7 Å². The van der Waals surface area contributed by atoms with Crippen molar-refractivity contribution < 1.29 is 23.7 Å². The minimum atomic E-state index is -0.876. The van der Waals surface area contributed by atoms with Gasteiger partial charge in [-0.3, -0.25) is 14.2 Å². The van der Waals surface area contributed by atoms with Gasteiger partial charge in [-0.15, -0.1) is 0 Å². The monoisotopic (exact) mass is 803 g/mol. The van der Waals surface area contributed by atoms with Crippen molar-refractivity contribution >= 4 is 60.9 Å². The molecule has 6 rings (SSSR count). The molecule has 9 nitrogen and oxygen atoms in total. The van der Waals surface area contributed by atoms with Crippen LogP contribution in [-0.4, -0.2) is 31.8 Å². The number of fused-ring (bicyclic) bond motifs is 1. The smallest absolute Gasteiger partial charge is 0.271 e. The molecule has 0 saturated carbocycles. The Bertz CT molecular complexity index is 2230. The zero-order valence-electron chi connectivity index (χ0n) is 27.0. The summed E-state index contributed by atoms with van der Waals surface area (Å²) in [5, 5.41) is 2.98. The Morgan fingerprint density at radius 1 is 0.918 bits per heavy atom. The van der Waals surface area contributed by atoms with Crippen molar-refractivity contribution in [3.63, 3.8) is 0 Å². The number of nitrogens with zero attached hydrogens (tertiary/aromatic N) is 2. The number of allylic oxidation sites excluding steroid dienone is 1. The maximum absolute atomic E-state index is 14.5. The van der Waals surface area contributed by atoms with Gasteiger partial charge in [0.2, 0.25) is 5.75 Å². The van der Waals surface area contributed by atoms with E-state index in [2.05, 4.69) is 37.2 Å². The second-order valence-corrected chi connectivity index (χ2v) is 13.7. The number of carbonyl (C=O) groups excluding carboxylic acids is 1. The predicted molar refractivity (Wildman–Crippen MR) is 198 cm³/mol. The molecule has 1 aliphatic rings.